The summed E-state index contributed by atoms with van der Waals surface area (Å²) >= 11 is 4.53. The van der Waals surface area contributed by atoms with Gasteiger partial charge < -0.3 is 10.1 Å². The Balaban J connectivity index is 2.56. The number of carbonyl (C=O) groups excluding carboxylic acids is 1. The molecule has 0 heterocycles. The lowest BCUT2D eigenvalue weighted by Gasteiger charge is -2.02. The molecule has 0 saturated carbocycles. The van der Waals surface area contributed by atoms with Crippen molar-refractivity contribution in [2.24, 2.45) is 0 Å². The average molecular weight is 223 g/mol. The highest BCUT2D eigenvalue weighted by Crippen LogP contribution is 2.05. The van der Waals surface area contributed by atoms with Gasteiger partial charge in [0, 0.05) is 7.11 Å². The quantitative estimate of drug-likeness (QED) is 0.768. The van der Waals surface area contributed by atoms with Gasteiger partial charge in [-0.25, -0.2) is 0 Å². The first-order valence-corrected chi connectivity index (χ1v) is 5.03. The van der Waals surface area contributed by atoms with E-state index in [0.717, 1.165) is 11.1 Å². The monoisotopic (exact) mass is 223 g/mol. The maximum atomic E-state index is 11.2. The lowest BCUT2D eigenvalue weighted by atomic mass is 10.1. The Hall–Kier alpha value is -1.26. The van der Waals surface area contributed by atoms with Crippen LogP contribution in [-0.4, -0.2) is 18.5 Å². The third kappa shape index (κ3) is 4.18. The van der Waals surface area contributed by atoms with Crippen LogP contribution in [0.2, 0.25) is 0 Å². The van der Waals surface area contributed by atoms with Gasteiger partial charge in [0.25, 0.3) is 0 Å². The minimum Gasteiger partial charge on any atom is -0.380 e. The molecule has 4 heteroatoms. The molecular weight excluding hydrogens is 210 g/mol. The Morgan fingerprint density at radius 2 is 2.00 bits per heavy atom. The Morgan fingerprint density at radius 3 is 2.53 bits per heavy atom. The fourth-order valence-electron chi connectivity index (χ4n) is 1.22. The van der Waals surface area contributed by atoms with Crippen LogP contribution in [0.1, 0.15) is 11.1 Å². The summed E-state index contributed by atoms with van der Waals surface area (Å²) in [6.45, 7) is 0.590. The van der Waals surface area contributed by atoms with Gasteiger partial charge in [-0.2, -0.15) is 0 Å². The van der Waals surface area contributed by atoms with E-state index in [1.165, 1.54) is 5.49 Å². The number of benzene rings is 1. The number of methoxy groups -OCH3 is 1. The topological polar surface area (TPSA) is 38.3 Å². The molecule has 3 nitrogen and oxygen atoms in total. The van der Waals surface area contributed by atoms with Crippen molar-refractivity contribution in [3.05, 3.63) is 35.4 Å². The van der Waals surface area contributed by atoms with Gasteiger partial charge in [-0.3, -0.25) is 4.79 Å². The molecule has 0 fully saturated rings. The van der Waals surface area contributed by atoms with Crippen molar-refractivity contribution in [2.75, 3.05) is 7.11 Å². The molecule has 0 atom stereocenters. The lowest BCUT2D eigenvalue weighted by Crippen LogP contribution is -2.22. The van der Waals surface area contributed by atoms with Crippen LogP contribution < -0.4 is 5.32 Å². The molecule has 0 saturated heterocycles. The molecule has 0 aliphatic carbocycles. The SMILES string of the molecule is COCc1ccc(CC(=O)NC=S)cc1. The molecule has 1 N–H and O–H groups in total. The molecule has 0 spiro atoms. The largest absolute Gasteiger partial charge is 0.380 e. The Morgan fingerprint density at radius 1 is 1.40 bits per heavy atom. The van der Waals surface area contributed by atoms with Crippen LogP contribution in [0.4, 0.5) is 0 Å². The third-order valence-corrected chi connectivity index (χ3v) is 2.04. The zero-order valence-corrected chi connectivity index (χ0v) is 9.34. The number of rotatable bonds is 5. The second kappa shape index (κ2) is 6.27. The highest BCUT2D eigenvalue weighted by atomic mass is 32.1. The van der Waals surface area contributed by atoms with E-state index in [9.17, 15) is 4.79 Å². The number of nitrogens with one attached hydrogen (secondary N) is 1. The van der Waals surface area contributed by atoms with Crippen LogP contribution in [0.25, 0.3) is 0 Å². The van der Waals surface area contributed by atoms with E-state index < -0.39 is 0 Å². The fourth-order valence-corrected chi connectivity index (χ4v) is 1.35. The number of hydrogen-bond acceptors (Lipinski definition) is 3. The Bertz CT molecular complexity index is 335. The van der Waals surface area contributed by atoms with Crippen LogP contribution in [-0.2, 0) is 22.6 Å². The maximum absolute atomic E-state index is 11.2. The first kappa shape index (κ1) is 11.8. The van der Waals surface area contributed by atoms with Crippen molar-refractivity contribution in [3.8, 4) is 0 Å². The zero-order valence-electron chi connectivity index (χ0n) is 8.53. The number of hydrogen-bond donors (Lipinski definition) is 1. The summed E-state index contributed by atoms with van der Waals surface area (Å²) in [4.78, 5) is 11.2. The second-order valence-electron chi connectivity index (χ2n) is 3.11. The fraction of sp³-hybridized carbons (Fsp3) is 0.273. The van der Waals surface area contributed by atoms with E-state index in [1.54, 1.807) is 7.11 Å². The summed E-state index contributed by atoms with van der Waals surface area (Å²) in [6, 6.07) is 7.72. The van der Waals surface area contributed by atoms with E-state index in [2.05, 4.69) is 17.5 Å². The predicted octanol–water partition coefficient (Wildman–Crippen LogP) is 1.45. The summed E-state index contributed by atoms with van der Waals surface area (Å²) in [6.07, 6.45) is 0.348. The van der Waals surface area contributed by atoms with Crippen molar-refractivity contribution in [1.29, 1.82) is 0 Å². The molecule has 15 heavy (non-hydrogen) atoms. The average Bonchev–Trinajstić information content (AvgIpc) is 2.22. The molecule has 1 amide bonds. The molecule has 1 aromatic carbocycles. The molecule has 0 aliphatic rings. The van der Waals surface area contributed by atoms with Crippen molar-refractivity contribution in [1.82, 2.24) is 5.32 Å². The van der Waals surface area contributed by atoms with Gasteiger partial charge in [-0.15, -0.1) is 0 Å². The van der Waals surface area contributed by atoms with Crippen molar-refractivity contribution < 1.29 is 9.53 Å². The molecule has 0 radical (unpaired) electrons. The molecular formula is C11H13NO2S. The molecule has 0 aromatic heterocycles. The summed E-state index contributed by atoms with van der Waals surface area (Å²) in [5.74, 6) is -0.0931. The van der Waals surface area contributed by atoms with E-state index in [-0.39, 0.29) is 5.91 Å². The number of ether oxygens (including phenoxy) is 1. The first-order chi connectivity index (χ1) is 7.26. The lowest BCUT2D eigenvalue weighted by molar-refractivity contribution is -0.118. The first-order valence-electron chi connectivity index (χ1n) is 4.56. The van der Waals surface area contributed by atoms with Crippen LogP contribution in [0.3, 0.4) is 0 Å². The number of carbonyl (C=O) groups is 1. The van der Waals surface area contributed by atoms with Gasteiger partial charge in [0.05, 0.1) is 18.5 Å². The zero-order chi connectivity index (χ0) is 11.1. The maximum Gasteiger partial charge on any atom is 0.228 e. The van der Waals surface area contributed by atoms with E-state index in [0.29, 0.717) is 13.0 Å². The normalized spacial score (nSPS) is 9.67. The van der Waals surface area contributed by atoms with Gasteiger partial charge >= 0.3 is 0 Å². The van der Waals surface area contributed by atoms with Gasteiger partial charge in [0.15, 0.2) is 0 Å². The van der Waals surface area contributed by atoms with Gasteiger partial charge in [-0.05, 0) is 11.1 Å². The van der Waals surface area contributed by atoms with Gasteiger partial charge in [0.1, 0.15) is 0 Å². The summed E-state index contributed by atoms with van der Waals surface area (Å²) in [7, 11) is 1.65. The number of thiocarbonyl (C=S) groups is 1. The van der Waals surface area contributed by atoms with E-state index in [4.69, 9.17) is 4.74 Å². The van der Waals surface area contributed by atoms with E-state index >= 15 is 0 Å². The molecule has 0 unspecified atom stereocenters. The number of amides is 1. The highest BCUT2D eigenvalue weighted by Gasteiger charge is 2.01. The van der Waals surface area contributed by atoms with Crippen LogP contribution in [0.5, 0.6) is 0 Å². The van der Waals surface area contributed by atoms with Gasteiger partial charge in [0.2, 0.25) is 5.91 Å². The highest BCUT2D eigenvalue weighted by molar-refractivity contribution is 7.78. The third-order valence-electron chi connectivity index (χ3n) is 1.92. The van der Waals surface area contributed by atoms with Crippen LogP contribution in [0.15, 0.2) is 24.3 Å². The minimum atomic E-state index is -0.0931. The molecule has 0 aliphatic heterocycles. The van der Waals surface area contributed by atoms with Crippen molar-refractivity contribution in [2.45, 2.75) is 13.0 Å². The molecule has 0 bridgehead atoms. The predicted molar refractivity (Wildman–Crippen MR) is 62.7 cm³/mol. The summed E-state index contributed by atoms with van der Waals surface area (Å²) < 4.78 is 4.99. The Labute approximate surface area is 94.4 Å². The van der Waals surface area contributed by atoms with E-state index in [1.807, 2.05) is 24.3 Å². The van der Waals surface area contributed by atoms with Crippen LogP contribution in [0, 0.1) is 0 Å². The summed E-state index contributed by atoms with van der Waals surface area (Å²) in [5, 5.41) is 2.46. The second-order valence-corrected chi connectivity index (χ2v) is 3.35. The van der Waals surface area contributed by atoms with Crippen molar-refractivity contribution in [3.63, 3.8) is 0 Å². The van der Waals surface area contributed by atoms with Crippen LogP contribution >= 0.6 is 12.2 Å². The molecule has 1 rings (SSSR count). The Kier molecular flexibility index (Phi) is 4.93. The molecule has 1 aromatic rings. The smallest absolute Gasteiger partial charge is 0.228 e. The summed E-state index contributed by atoms with van der Waals surface area (Å²) in [5.41, 5.74) is 3.28. The standard InChI is InChI=1S/C11H13NO2S/c1-14-7-10-4-2-9(3-5-10)6-11(13)12-8-15/h2-5,8H,6-7H2,1H3,(H,12,13,15). The van der Waals surface area contributed by atoms with Gasteiger partial charge in [-0.1, -0.05) is 36.5 Å². The van der Waals surface area contributed by atoms with Crippen molar-refractivity contribution >= 4 is 23.6 Å². The molecule has 80 valence electrons. The minimum absolute atomic E-state index is 0.0931.